The Morgan fingerprint density at radius 3 is 2.35 bits per heavy atom. The van der Waals surface area contributed by atoms with Crippen molar-refractivity contribution in [2.75, 3.05) is 0 Å². The molecule has 1 aromatic heterocycles. The van der Waals surface area contributed by atoms with Gasteiger partial charge in [0.2, 0.25) is 11.7 Å². The first kappa shape index (κ1) is 18.3. The summed E-state index contributed by atoms with van der Waals surface area (Å²) in [6.45, 7) is 6.30. The van der Waals surface area contributed by atoms with Crippen molar-refractivity contribution in [3.8, 4) is 11.6 Å². The molecule has 26 heavy (non-hydrogen) atoms. The summed E-state index contributed by atoms with van der Waals surface area (Å²) in [5, 5.41) is 0. The molecule has 0 aliphatic carbocycles. The van der Waals surface area contributed by atoms with E-state index in [4.69, 9.17) is 4.74 Å². The molecule has 0 radical (unpaired) electrons. The maximum absolute atomic E-state index is 12.9. The maximum atomic E-state index is 12.9. The second kappa shape index (κ2) is 7.42. The molecule has 0 aliphatic heterocycles. The number of para-hydroxylation sites is 1. The van der Waals surface area contributed by atoms with Crippen LogP contribution in [0.1, 0.15) is 42.4 Å². The highest BCUT2D eigenvalue weighted by Crippen LogP contribution is 2.29. The Bertz CT molecular complexity index is 930. The van der Waals surface area contributed by atoms with Crippen molar-refractivity contribution in [2.24, 2.45) is 0 Å². The number of hydrogen-bond acceptors (Lipinski definition) is 3. The van der Waals surface area contributed by atoms with Gasteiger partial charge in [-0.1, -0.05) is 67.0 Å². The Kier molecular flexibility index (Phi) is 5.23. The third kappa shape index (κ3) is 4.38. The predicted octanol–water partition coefficient (Wildman–Crippen LogP) is 6.16. The molecule has 0 amide bonds. The van der Waals surface area contributed by atoms with Gasteiger partial charge in [0, 0.05) is 16.1 Å². The normalized spacial score (nSPS) is 11.2. The number of halogens is 1. The molecule has 132 valence electrons. The van der Waals surface area contributed by atoms with Crippen molar-refractivity contribution in [2.45, 2.75) is 26.2 Å². The van der Waals surface area contributed by atoms with Crippen molar-refractivity contribution in [3.63, 3.8) is 0 Å². The standard InChI is InChI=1S/C22H20BrNO2/c1-22(2,3)16-13-19(21(25)15-8-7-9-17(23)12-15)24-20(14-16)26-18-10-5-4-6-11-18/h4-14H,1-3H3. The van der Waals surface area contributed by atoms with E-state index in [2.05, 4.69) is 41.7 Å². The van der Waals surface area contributed by atoms with Gasteiger partial charge in [-0.25, -0.2) is 4.98 Å². The smallest absolute Gasteiger partial charge is 0.220 e. The molecular weight excluding hydrogens is 390 g/mol. The summed E-state index contributed by atoms with van der Waals surface area (Å²) in [5.74, 6) is 0.976. The van der Waals surface area contributed by atoms with Crippen molar-refractivity contribution in [1.29, 1.82) is 0 Å². The minimum atomic E-state index is -0.135. The zero-order chi connectivity index (χ0) is 18.7. The molecule has 3 rings (SSSR count). The van der Waals surface area contributed by atoms with Crippen LogP contribution in [0.15, 0.2) is 71.2 Å². The summed E-state index contributed by atoms with van der Waals surface area (Å²) in [5.41, 5.74) is 1.83. The quantitative estimate of drug-likeness (QED) is 0.483. The van der Waals surface area contributed by atoms with Gasteiger partial charge < -0.3 is 4.74 Å². The lowest BCUT2D eigenvalue weighted by Crippen LogP contribution is -2.14. The van der Waals surface area contributed by atoms with Crippen LogP contribution in [0.25, 0.3) is 0 Å². The van der Waals surface area contributed by atoms with E-state index < -0.39 is 0 Å². The van der Waals surface area contributed by atoms with Crippen LogP contribution in [-0.2, 0) is 5.41 Å². The molecule has 0 aliphatic rings. The lowest BCUT2D eigenvalue weighted by atomic mass is 9.86. The zero-order valence-corrected chi connectivity index (χ0v) is 16.6. The summed E-state index contributed by atoms with van der Waals surface area (Å²) in [4.78, 5) is 17.4. The number of aromatic nitrogens is 1. The van der Waals surface area contributed by atoms with Crippen molar-refractivity contribution in [1.82, 2.24) is 4.98 Å². The number of carbonyl (C=O) groups is 1. The SMILES string of the molecule is CC(C)(C)c1cc(Oc2ccccc2)nc(C(=O)c2cccc(Br)c2)c1. The van der Waals surface area contributed by atoms with Crippen molar-refractivity contribution < 1.29 is 9.53 Å². The molecule has 0 spiro atoms. The molecule has 3 nitrogen and oxygen atoms in total. The highest BCUT2D eigenvalue weighted by atomic mass is 79.9. The number of pyridine rings is 1. The monoisotopic (exact) mass is 409 g/mol. The van der Waals surface area contributed by atoms with Crippen molar-refractivity contribution >= 4 is 21.7 Å². The fraction of sp³-hybridized carbons (Fsp3) is 0.182. The van der Waals surface area contributed by atoms with Crippen LogP contribution in [0.4, 0.5) is 0 Å². The van der Waals surface area contributed by atoms with E-state index in [9.17, 15) is 4.79 Å². The van der Waals surface area contributed by atoms with E-state index in [1.807, 2.05) is 54.6 Å². The number of benzene rings is 2. The fourth-order valence-corrected chi connectivity index (χ4v) is 2.89. The molecule has 0 bridgehead atoms. The number of nitrogens with zero attached hydrogens (tertiary/aromatic N) is 1. The molecule has 0 saturated heterocycles. The van der Waals surface area contributed by atoms with Crippen LogP contribution in [0.3, 0.4) is 0 Å². The Morgan fingerprint density at radius 2 is 1.69 bits per heavy atom. The first-order valence-corrected chi connectivity index (χ1v) is 9.18. The highest BCUT2D eigenvalue weighted by Gasteiger charge is 2.20. The Morgan fingerprint density at radius 1 is 0.962 bits per heavy atom. The van der Waals surface area contributed by atoms with Crippen LogP contribution in [0.5, 0.6) is 11.6 Å². The molecule has 0 unspecified atom stereocenters. The summed E-state index contributed by atoms with van der Waals surface area (Å²) in [7, 11) is 0. The van der Waals surface area contributed by atoms with Gasteiger partial charge in [-0.15, -0.1) is 0 Å². The number of rotatable bonds is 4. The average molecular weight is 410 g/mol. The Labute approximate surface area is 162 Å². The molecule has 3 aromatic rings. The van der Waals surface area contributed by atoms with Crippen LogP contribution < -0.4 is 4.74 Å². The lowest BCUT2D eigenvalue weighted by Gasteiger charge is -2.20. The third-order valence-corrected chi connectivity index (χ3v) is 4.45. The summed E-state index contributed by atoms with van der Waals surface area (Å²) in [6, 6.07) is 20.5. The van der Waals surface area contributed by atoms with E-state index in [1.165, 1.54) is 0 Å². The van der Waals surface area contributed by atoms with E-state index in [0.717, 1.165) is 10.0 Å². The molecular formula is C22H20BrNO2. The molecule has 0 saturated carbocycles. The van der Waals surface area contributed by atoms with Crippen LogP contribution >= 0.6 is 15.9 Å². The Hall–Kier alpha value is -2.46. The number of hydrogen-bond donors (Lipinski definition) is 0. The van der Waals surface area contributed by atoms with Gasteiger partial charge in [-0.2, -0.15) is 0 Å². The minimum absolute atomic E-state index is 0.129. The van der Waals surface area contributed by atoms with Gasteiger partial charge in [0.1, 0.15) is 11.4 Å². The fourth-order valence-electron chi connectivity index (χ4n) is 2.49. The highest BCUT2D eigenvalue weighted by molar-refractivity contribution is 9.10. The summed E-state index contributed by atoms with van der Waals surface area (Å²) >= 11 is 3.41. The predicted molar refractivity (Wildman–Crippen MR) is 107 cm³/mol. The van der Waals surface area contributed by atoms with Crippen LogP contribution in [-0.4, -0.2) is 10.8 Å². The van der Waals surface area contributed by atoms with Gasteiger partial charge in [0.15, 0.2) is 0 Å². The van der Waals surface area contributed by atoms with Gasteiger partial charge in [0.05, 0.1) is 0 Å². The third-order valence-electron chi connectivity index (χ3n) is 3.95. The van der Waals surface area contributed by atoms with E-state index in [0.29, 0.717) is 22.9 Å². The first-order chi connectivity index (χ1) is 12.3. The molecule has 0 atom stereocenters. The molecule has 4 heteroatoms. The number of ether oxygens (including phenoxy) is 1. The zero-order valence-electron chi connectivity index (χ0n) is 15.0. The molecule has 1 heterocycles. The maximum Gasteiger partial charge on any atom is 0.220 e. The second-order valence-corrected chi connectivity index (χ2v) is 8.00. The molecule has 0 N–H and O–H groups in total. The van der Waals surface area contributed by atoms with E-state index >= 15 is 0 Å². The first-order valence-electron chi connectivity index (χ1n) is 8.39. The summed E-state index contributed by atoms with van der Waals surface area (Å²) in [6.07, 6.45) is 0. The number of carbonyl (C=O) groups excluding carboxylic acids is 1. The largest absolute Gasteiger partial charge is 0.439 e. The van der Waals surface area contributed by atoms with Crippen LogP contribution in [0, 0.1) is 0 Å². The minimum Gasteiger partial charge on any atom is -0.439 e. The van der Waals surface area contributed by atoms with Gasteiger partial charge in [0.25, 0.3) is 0 Å². The lowest BCUT2D eigenvalue weighted by molar-refractivity contribution is 0.103. The van der Waals surface area contributed by atoms with Crippen LogP contribution in [0.2, 0.25) is 0 Å². The Balaban J connectivity index is 2.04. The molecule has 2 aromatic carbocycles. The summed E-state index contributed by atoms with van der Waals surface area (Å²) < 4.78 is 6.75. The molecule has 0 fully saturated rings. The second-order valence-electron chi connectivity index (χ2n) is 7.08. The van der Waals surface area contributed by atoms with Gasteiger partial charge in [-0.3, -0.25) is 4.79 Å². The van der Waals surface area contributed by atoms with Gasteiger partial charge in [-0.05, 0) is 41.3 Å². The van der Waals surface area contributed by atoms with Crippen molar-refractivity contribution in [3.05, 3.63) is 88.0 Å². The van der Waals surface area contributed by atoms with E-state index in [1.54, 1.807) is 12.1 Å². The van der Waals surface area contributed by atoms with Gasteiger partial charge >= 0.3 is 0 Å². The topological polar surface area (TPSA) is 39.2 Å². The average Bonchev–Trinajstić information content (AvgIpc) is 2.61. The number of ketones is 1. The van der Waals surface area contributed by atoms with E-state index in [-0.39, 0.29) is 11.2 Å².